The fourth-order valence-electron chi connectivity index (χ4n) is 4.46. The van der Waals surface area contributed by atoms with Crippen molar-refractivity contribution in [1.82, 2.24) is 16.0 Å². The van der Waals surface area contributed by atoms with Crippen molar-refractivity contribution >= 4 is 11.8 Å². The summed E-state index contributed by atoms with van der Waals surface area (Å²) in [5, 5.41) is 20.1. The second-order valence-electron chi connectivity index (χ2n) is 10.1. The van der Waals surface area contributed by atoms with Crippen LogP contribution in [0.2, 0.25) is 0 Å². The molecule has 8 heteroatoms. The third-order valence-electron chi connectivity index (χ3n) is 6.59. The van der Waals surface area contributed by atoms with Gasteiger partial charge < -0.3 is 25.8 Å². The summed E-state index contributed by atoms with van der Waals surface area (Å²) in [5.74, 6) is -0.773. The van der Waals surface area contributed by atoms with Gasteiger partial charge in [0, 0.05) is 25.6 Å². The summed E-state index contributed by atoms with van der Waals surface area (Å²) in [6.07, 6.45) is 1.68. The molecular weight excluding hydrogens is 473 g/mol. The first-order chi connectivity index (χ1) is 17.7. The molecule has 0 saturated carbocycles. The summed E-state index contributed by atoms with van der Waals surface area (Å²) in [6.45, 7) is 6.97. The molecular formula is C29H40FN3O4. The molecule has 0 fully saturated rings. The second-order valence-corrected chi connectivity index (χ2v) is 10.1. The van der Waals surface area contributed by atoms with Gasteiger partial charge in [-0.1, -0.05) is 45.0 Å². The van der Waals surface area contributed by atoms with Crippen LogP contribution in [-0.4, -0.2) is 48.3 Å². The number of hydrogen-bond acceptors (Lipinski definition) is 5. The third kappa shape index (κ3) is 9.13. The average Bonchev–Trinajstić information content (AvgIpc) is 2.86. The molecule has 2 aromatic rings. The first-order valence-corrected chi connectivity index (χ1v) is 13.2. The SMILES string of the molecule is CCc1cccc(CNC[C@@H](O)[C@@H]2Cc3cc(F)cc(c3)OCCCCC(=O)N[C@@H](C(C)C)C(=O)N2)c1. The Morgan fingerprint density at radius 3 is 2.65 bits per heavy atom. The highest BCUT2D eigenvalue weighted by Crippen LogP contribution is 2.20. The monoisotopic (exact) mass is 513 g/mol. The number of amides is 2. The number of hydrogen-bond donors (Lipinski definition) is 4. The lowest BCUT2D eigenvalue weighted by Crippen LogP contribution is -2.56. The molecule has 0 aromatic heterocycles. The predicted molar refractivity (Wildman–Crippen MR) is 142 cm³/mol. The molecule has 2 bridgehead atoms. The Hall–Kier alpha value is -2.97. The van der Waals surface area contributed by atoms with Crippen LogP contribution in [0.3, 0.4) is 0 Å². The van der Waals surface area contributed by atoms with Gasteiger partial charge in [-0.25, -0.2) is 4.39 Å². The Labute approximate surface area is 219 Å². The van der Waals surface area contributed by atoms with E-state index >= 15 is 0 Å². The number of rotatable bonds is 7. The fourth-order valence-corrected chi connectivity index (χ4v) is 4.46. The minimum atomic E-state index is -0.954. The van der Waals surface area contributed by atoms with E-state index in [1.54, 1.807) is 6.07 Å². The minimum Gasteiger partial charge on any atom is -0.493 e. The van der Waals surface area contributed by atoms with Gasteiger partial charge in [-0.3, -0.25) is 9.59 Å². The van der Waals surface area contributed by atoms with Crippen LogP contribution in [0.25, 0.3) is 0 Å². The average molecular weight is 514 g/mol. The normalized spacial score (nSPS) is 20.3. The van der Waals surface area contributed by atoms with Gasteiger partial charge in [0.05, 0.1) is 18.8 Å². The van der Waals surface area contributed by atoms with Gasteiger partial charge in [0.25, 0.3) is 0 Å². The van der Waals surface area contributed by atoms with E-state index in [4.69, 9.17) is 4.74 Å². The molecule has 7 nitrogen and oxygen atoms in total. The van der Waals surface area contributed by atoms with Crippen LogP contribution < -0.4 is 20.7 Å². The number of ether oxygens (including phenoxy) is 1. The number of halogens is 1. The van der Waals surface area contributed by atoms with Crippen LogP contribution in [0, 0.1) is 11.7 Å². The lowest BCUT2D eigenvalue weighted by atomic mass is 9.98. The van der Waals surface area contributed by atoms with E-state index in [2.05, 4.69) is 35.0 Å². The van der Waals surface area contributed by atoms with Crippen LogP contribution >= 0.6 is 0 Å². The maximum atomic E-state index is 14.4. The largest absolute Gasteiger partial charge is 0.493 e. The standard InChI is InChI=1S/C29H40FN3O4/c1-4-20-8-7-9-21(12-20)17-31-18-26(34)25-15-22-13-23(30)16-24(14-22)37-11-6-5-10-27(35)33-28(19(2)3)29(36)32-25/h7-9,12-14,16,19,25-26,28,31,34H,4-6,10-11,15,17-18H2,1-3H3,(H,32,36)(H,33,35)/t25-,26+,28-/m0/s1. The molecule has 1 heterocycles. The number of carbonyl (C=O) groups is 2. The molecule has 1 aliphatic heterocycles. The topological polar surface area (TPSA) is 99.7 Å². The van der Waals surface area contributed by atoms with Crippen LogP contribution in [0.4, 0.5) is 4.39 Å². The van der Waals surface area contributed by atoms with E-state index in [-0.39, 0.29) is 37.1 Å². The van der Waals surface area contributed by atoms with E-state index in [1.807, 2.05) is 26.0 Å². The van der Waals surface area contributed by atoms with Crippen molar-refractivity contribution < 1.29 is 23.8 Å². The lowest BCUT2D eigenvalue weighted by Gasteiger charge is -2.29. The lowest BCUT2D eigenvalue weighted by molar-refractivity contribution is -0.131. The minimum absolute atomic E-state index is 0.148. The van der Waals surface area contributed by atoms with E-state index in [9.17, 15) is 19.1 Å². The van der Waals surface area contributed by atoms with Crippen molar-refractivity contribution in [1.29, 1.82) is 0 Å². The number of aryl methyl sites for hydroxylation is 1. The molecule has 4 N–H and O–H groups in total. The molecule has 1 aliphatic rings. The Balaban J connectivity index is 1.79. The highest BCUT2D eigenvalue weighted by atomic mass is 19.1. The molecule has 0 radical (unpaired) electrons. The van der Waals surface area contributed by atoms with Gasteiger partial charge in [-0.05, 0) is 60.4 Å². The molecule has 0 unspecified atom stereocenters. The van der Waals surface area contributed by atoms with Crippen molar-refractivity contribution in [2.75, 3.05) is 13.2 Å². The third-order valence-corrected chi connectivity index (χ3v) is 6.59. The zero-order chi connectivity index (χ0) is 26.8. The zero-order valence-corrected chi connectivity index (χ0v) is 22.1. The molecule has 37 heavy (non-hydrogen) atoms. The van der Waals surface area contributed by atoms with Gasteiger partial charge in [0.15, 0.2) is 0 Å². The van der Waals surface area contributed by atoms with Gasteiger partial charge in [0.2, 0.25) is 11.8 Å². The Morgan fingerprint density at radius 2 is 1.89 bits per heavy atom. The smallest absolute Gasteiger partial charge is 0.243 e. The van der Waals surface area contributed by atoms with E-state index < -0.39 is 24.0 Å². The summed E-state index contributed by atoms with van der Waals surface area (Å²) < 4.78 is 20.1. The number of nitrogens with one attached hydrogen (secondary N) is 3. The summed E-state index contributed by atoms with van der Waals surface area (Å²) >= 11 is 0. The summed E-state index contributed by atoms with van der Waals surface area (Å²) in [7, 11) is 0. The summed E-state index contributed by atoms with van der Waals surface area (Å²) in [6, 6.07) is 11.2. The predicted octanol–water partition coefficient (Wildman–Crippen LogP) is 3.27. The summed E-state index contributed by atoms with van der Waals surface area (Å²) in [4.78, 5) is 25.7. The van der Waals surface area contributed by atoms with Crippen molar-refractivity contribution in [2.45, 2.75) is 77.6 Å². The van der Waals surface area contributed by atoms with Crippen molar-refractivity contribution in [3.05, 3.63) is 65.0 Å². The quantitative estimate of drug-likeness (QED) is 0.456. The Bertz CT molecular complexity index is 1050. The molecule has 2 amide bonds. The van der Waals surface area contributed by atoms with Crippen LogP contribution in [0.1, 0.15) is 56.7 Å². The molecule has 202 valence electrons. The zero-order valence-electron chi connectivity index (χ0n) is 22.1. The van der Waals surface area contributed by atoms with Crippen molar-refractivity contribution in [2.24, 2.45) is 5.92 Å². The van der Waals surface area contributed by atoms with Crippen molar-refractivity contribution in [3.63, 3.8) is 0 Å². The first kappa shape index (κ1) is 28.6. The Morgan fingerprint density at radius 1 is 1.11 bits per heavy atom. The highest BCUT2D eigenvalue weighted by Gasteiger charge is 2.29. The first-order valence-electron chi connectivity index (χ1n) is 13.2. The maximum Gasteiger partial charge on any atom is 0.243 e. The van der Waals surface area contributed by atoms with Crippen LogP contribution in [0.15, 0.2) is 42.5 Å². The van der Waals surface area contributed by atoms with Crippen molar-refractivity contribution in [3.8, 4) is 5.75 Å². The van der Waals surface area contributed by atoms with Crippen LogP contribution in [-0.2, 0) is 29.0 Å². The van der Waals surface area contributed by atoms with Crippen LogP contribution in [0.5, 0.6) is 5.75 Å². The molecule has 0 aliphatic carbocycles. The molecule has 3 atom stereocenters. The molecule has 3 rings (SSSR count). The Kier molecular flexibility index (Phi) is 10.9. The number of carbonyl (C=O) groups excluding carboxylic acids is 2. The fraction of sp³-hybridized carbons (Fsp3) is 0.517. The number of fused-ring (bicyclic) bond motifs is 2. The second kappa shape index (κ2) is 14.1. The van der Waals surface area contributed by atoms with Gasteiger partial charge >= 0.3 is 0 Å². The van der Waals surface area contributed by atoms with E-state index in [1.165, 1.54) is 17.7 Å². The van der Waals surface area contributed by atoms with E-state index in [0.29, 0.717) is 37.3 Å². The number of benzene rings is 2. The highest BCUT2D eigenvalue weighted by molar-refractivity contribution is 5.88. The number of aliphatic hydroxyl groups is 1. The molecule has 0 saturated heterocycles. The van der Waals surface area contributed by atoms with E-state index in [0.717, 1.165) is 12.0 Å². The molecule has 2 aromatic carbocycles. The van der Waals surface area contributed by atoms with Gasteiger partial charge in [0.1, 0.15) is 17.6 Å². The van der Waals surface area contributed by atoms with Gasteiger partial charge in [-0.15, -0.1) is 0 Å². The summed E-state index contributed by atoms with van der Waals surface area (Å²) in [5.41, 5.74) is 2.95. The van der Waals surface area contributed by atoms with Gasteiger partial charge in [-0.2, -0.15) is 0 Å². The molecule has 0 spiro atoms. The number of aliphatic hydroxyl groups excluding tert-OH is 1. The maximum absolute atomic E-state index is 14.4.